The molecule has 1 N–H and O–H groups in total. The molecule has 0 aliphatic heterocycles. The summed E-state index contributed by atoms with van der Waals surface area (Å²) in [5, 5.41) is 4.30. The highest BCUT2D eigenvalue weighted by Gasteiger charge is 2.01. The van der Waals surface area contributed by atoms with E-state index in [9.17, 15) is 0 Å². The molecule has 0 aliphatic rings. The summed E-state index contributed by atoms with van der Waals surface area (Å²) in [6.45, 7) is 5.01. The van der Waals surface area contributed by atoms with Crippen LogP contribution in [0.3, 0.4) is 0 Å². The Morgan fingerprint density at radius 3 is 2.92 bits per heavy atom. The van der Waals surface area contributed by atoms with Crippen LogP contribution in [0, 0.1) is 6.92 Å². The van der Waals surface area contributed by atoms with Crippen LogP contribution in [0.5, 0.6) is 0 Å². The topological polar surface area (TPSA) is 25.2 Å². The third kappa shape index (κ3) is 1.52. The van der Waals surface area contributed by atoms with Crippen LogP contribution in [0.2, 0.25) is 0 Å². The van der Waals surface area contributed by atoms with Crippen LogP contribution in [0.15, 0.2) is 28.7 Å². The Morgan fingerprint density at radius 2 is 2.15 bits per heavy atom. The van der Waals surface area contributed by atoms with Crippen molar-refractivity contribution in [3.8, 4) is 0 Å². The van der Waals surface area contributed by atoms with Gasteiger partial charge in [0.2, 0.25) is 0 Å². The zero-order valence-electron chi connectivity index (χ0n) is 7.92. The summed E-state index contributed by atoms with van der Waals surface area (Å²) in [6.07, 6.45) is 0. The molecule has 2 aromatic rings. The lowest BCUT2D eigenvalue weighted by Gasteiger charge is -1.93. The molecule has 0 saturated heterocycles. The van der Waals surface area contributed by atoms with Gasteiger partial charge in [-0.2, -0.15) is 0 Å². The first kappa shape index (κ1) is 8.17. The number of nitrogens with one attached hydrogen (secondary N) is 1. The van der Waals surface area contributed by atoms with Crippen molar-refractivity contribution in [1.29, 1.82) is 0 Å². The fourth-order valence-corrected chi connectivity index (χ4v) is 1.40. The minimum atomic E-state index is 0.850. The van der Waals surface area contributed by atoms with E-state index in [4.69, 9.17) is 4.42 Å². The molecule has 2 nitrogen and oxygen atoms in total. The molecule has 1 aromatic carbocycles. The number of hydrogen-bond donors (Lipinski definition) is 1. The Hall–Kier alpha value is -1.44. The van der Waals surface area contributed by atoms with E-state index in [1.807, 2.05) is 6.07 Å². The summed E-state index contributed by atoms with van der Waals surface area (Å²) < 4.78 is 5.58. The van der Waals surface area contributed by atoms with Crippen molar-refractivity contribution in [3.63, 3.8) is 0 Å². The normalized spacial score (nSPS) is 10.6. The fourth-order valence-electron chi connectivity index (χ4n) is 1.40. The first-order valence-corrected chi connectivity index (χ1v) is 4.53. The quantitative estimate of drug-likeness (QED) is 0.758. The first-order valence-electron chi connectivity index (χ1n) is 4.53. The largest absolute Gasteiger partial charge is 0.441 e. The summed E-state index contributed by atoms with van der Waals surface area (Å²) in [4.78, 5) is 0. The van der Waals surface area contributed by atoms with Gasteiger partial charge in [-0.3, -0.25) is 0 Å². The molecule has 0 aliphatic carbocycles. The number of aryl methyl sites for hydroxylation is 1. The lowest BCUT2D eigenvalue weighted by molar-refractivity contribution is 0.628. The van der Waals surface area contributed by atoms with Gasteiger partial charge in [0.05, 0.1) is 0 Å². The molecular formula is C11H13NO. The molecule has 2 rings (SSSR count). The lowest BCUT2D eigenvalue weighted by Crippen LogP contribution is -1.93. The van der Waals surface area contributed by atoms with Crippen LogP contribution >= 0.6 is 0 Å². The highest BCUT2D eigenvalue weighted by molar-refractivity contribution is 5.81. The van der Waals surface area contributed by atoms with Gasteiger partial charge in [0.15, 0.2) is 5.88 Å². The zero-order valence-corrected chi connectivity index (χ0v) is 7.92. The summed E-state index contributed by atoms with van der Waals surface area (Å²) >= 11 is 0. The van der Waals surface area contributed by atoms with Crippen molar-refractivity contribution in [2.75, 3.05) is 11.9 Å². The second-order valence-electron chi connectivity index (χ2n) is 3.18. The Labute approximate surface area is 77.6 Å². The average molecular weight is 175 g/mol. The minimum absolute atomic E-state index is 0.850. The van der Waals surface area contributed by atoms with Crippen molar-refractivity contribution < 1.29 is 4.42 Å². The van der Waals surface area contributed by atoms with E-state index < -0.39 is 0 Å². The van der Waals surface area contributed by atoms with E-state index in [1.165, 1.54) is 5.56 Å². The van der Waals surface area contributed by atoms with Crippen LogP contribution in [0.1, 0.15) is 12.5 Å². The molecule has 68 valence electrons. The molecule has 0 radical (unpaired) electrons. The average Bonchev–Trinajstić information content (AvgIpc) is 2.46. The van der Waals surface area contributed by atoms with Crippen LogP contribution in [0.4, 0.5) is 5.88 Å². The minimum Gasteiger partial charge on any atom is -0.441 e. The molecule has 1 aromatic heterocycles. The summed E-state index contributed by atoms with van der Waals surface area (Å²) in [6, 6.07) is 8.25. The third-order valence-corrected chi connectivity index (χ3v) is 2.03. The van der Waals surface area contributed by atoms with Crippen LogP contribution in [-0.2, 0) is 0 Å². The van der Waals surface area contributed by atoms with Gasteiger partial charge in [0.25, 0.3) is 0 Å². The Morgan fingerprint density at radius 1 is 1.31 bits per heavy atom. The van der Waals surface area contributed by atoms with E-state index in [2.05, 4.69) is 37.4 Å². The van der Waals surface area contributed by atoms with Crippen molar-refractivity contribution >= 4 is 16.9 Å². The molecule has 13 heavy (non-hydrogen) atoms. The van der Waals surface area contributed by atoms with Gasteiger partial charge in [-0.15, -0.1) is 0 Å². The molecule has 0 amide bonds. The molecule has 0 unspecified atom stereocenters. The van der Waals surface area contributed by atoms with Crippen LogP contribution < -0.4 is 5.32 Å². The Bertz CT molecular complexity index is 417. The number of rotatable bonds is 2. The van der Waals surface area contributed by atoms with Crippen molar-refractivity contribution in [1.82, 2.24) is 0 Å². The third-order valence-electron chi connectivity index (χ3n) is 2.03. The maximum atomic E-state index is 5.58. The molecule has 0 atom stereocenters. The second kappa shape index (κ2) is 3.13. The number of hydrogen-bond acceptors (Lipinski definition) is 2. The van der Waals surface area contributed by atoms with E-state index in [-0.39, 0.29) is 0 Å². The highest BCUT2D eigenvalue weighted by Crippen LogP contribution is 2.23. The van der Waals surface area contributed by atoms with E-state index in [0.717, 1.165) is 23.4 Å². The zero-order chi connectivity index (χ0) is 9.26. The predicted molar refractivity (Wildman–Crippen MR) is 55.1 cm³/mol. The number of furan rings is 1. The number of anilines is 1. The smallest absolute Gasteiger partial charge is 0.194 e. The molecule has 0 spiro atoms. The highest BCUT2D eigenvalue weighted by atomic mass is 16.3. The monoisotopic (exact) mass is 175 g/mol. The SMILES string of the molecule is CCNc1cc2ccc(C)cc2o1. The van der Waals surface area contributed by atoms with Gasteiger partial charge < -0.3 is 9.73 Å². The fraction of sp³-hybridized carbons (Fsp3) is 0.273. The van der Waals surface area contributed by atoms with Crippen LogP contribution in [0.25, 0.3) is 11.0 Å². The van der Waals surface area contributed by atoms with Gasteiger partial charge in [-0.25, -0.2) is 0 Å². The van der Waals surface area contributed by atoms with E-state index in [1.54, 1.807) is 0 Å². The van der Waals surface area contributed by atoms with Gasteiger partial charge in [0.1, 0.15) is 5.58 Å². The standard InChI is InChI=1S/C11H13NO/c1-3-12-11-7-9-5-4-8(2)6-10(9)13-11/h4-7,12H,3H2,1-2H3. The van der Waals surface area contributed by atoms with E-state index >= 15 is 0 Å². The van der Waals surface area contributed by atoms with E-state index in [0.29, 0.717) is 0 Å². The van der Waals surface area contributed by atoms with Crippen molar-refractivity contribution in [3.05, 3.63) is 29.8 Å². The first-order chi connectivity index (χ1) is 6.29. The number of fused-ring (bicyclic) bond motifs is 1. The Kier molecular flexibility index (Phi) is 1.97. The van der Waals surface area contributed by atoms with Crippen LogP contribution in [-0.4, -0.2) is 6.54 Å². The molecule has 1 heterocycles. The summed E-state index contributed by atoms with van der Waals surface area (Å²) in [7, 11) is 0. The maximum Gasteiger partial charge on any atom is 0.194 e. The molecule has 0 bridgehead atoms. The van der Waals surface area contributed by atoms with Gasteiger partial charge >= 0.3 is 0 Å². The molecular weight excluding hydrogens is 162 g/mol. The summed E-state index contributed by atoms with van der Waals surface area (Å²) in [5.74, 6) is 0.850. The molecule has 0 saturated carbocycles. The second-order valence-corrected chi connectivity index (χ2v) is 3.18. The predicted octanol–water partition coefficient (Wildman–Crippen LogP) is 3.17. The molecule has 2 heteroatoms. The molecule has 0 fully saturated rings. The van der Waals surface area contributed by atoms with Gasteiger partial charge in [-0.05, 0) is 25.5 Å². The summed E-state index contributed by atoms with van der Waals surface area (Å²) in [5.41, 5.74) is 2.18. The number of benzene rings is 1. The lowest BCUT2D eigenvalue weighted by atomic mass is 10.2. The van der Waals surface area contributed by atoms with Crippen molar-refractivity contribution in [2.24, 2.45) is 0 Å². The van der Waals surface area contributed by atoms with Gasteiger partial charge in [0, 0.05) is 18.0 Å². The Balaban J connectivity index is 2.49. The van der Waals surface area contributed by atoms with Gasteiger partial charge in [-0.1, -0.05) is 12.1 Å². The van der Waals surface area contributed by atoms with Crippen molar-refractivity contribution in [2.45, 2.75) is 13.8 Å². The maximum absolute atomic E-state index is 5.58.